The van der Waals surface area contributed by atoms with E-state index in [-0.39, 0.29) is 0 Å². The summed E-state index contributed by atoms with van der Waals surface area (Å²) in [5.74, 6) is 1.45. The van der Waals surface area contributed by atoms with Gasteiger partial charge in [0.1, 0.15) is 5.52 Å². The van der Waals surface area contributed by atoms with E-state index in [2.05, 4.69) is 22.1 Å². The van der Waals surface area contributed by atoms with Gasteiger partial charge in [0.15, 0.2) is 5.58 Å². The van der Waals surface area contributed by atoms with Crippen molar-refractivity contribution in [2.24, 2.45) is 11.8 Å². The number of hydrogen-bond donors (Lipinski definition) is 1. The van der Waals surface area contributed by atoms with Crippen LogP contribution in [0.1, 0.15) is 26.2 Å². The van der Waals surface area contributed by atoms with Crippen LogP contribution in [0.4, 0.5) is 6.01 Å². The van der Waals surface area contributed by atoms with Crippen LogP contribution in [-0.4, -0.2) is 55.1 Å². The molecule has 0 aliphatic carbocycles. The van der Waals surface area contributed by atoms with Gasteiger partial charge in [0, 0.05) is 32.6 Å². The normalized spacial score (nSPS) is 20.5. The molecule has 4 rings (SSSR count). The Kier molecular flexibility index (Phi) is 5.11. The van der Waals surface area contributed by atoms with Crippen LogP contribution in [-0.2, 0) is 4.79 Å². The summed E-state index contributed by atoms with van der Waals surface area (Å²) in [6, 6.07) is 8.49. The lowest BCUT2D eigenvalue weighted by Gasteiger charge is -2.35. The zero-order valence-electron chi connectivity index (χ0n) is 15.5. The van der Waals surface area contributed by atoms with E-state index >= 15 is 0 Å². The number of nitrogens with zero attached hydrogens (tertiary/aromatic N) is 3. The average molecular weight is 356 g/mol. The van der Waals surface area contributed by atoms with Gasteiger partial charge < -0.3 is 19.5 Å². The molecule has 0 radical (unpaired) electrons. The summed E-state index contributed by atoms with van der Waals surface area (Å²) in [5, 5.41) is 3.40. The number of oxazole rings is 1. The summed E-state index contributed by atoms with van der Waals surface area (Å²) in [4.78, 5) is 21.4. The summed E-state index contributed by atoms with van der Waals surface area (Å²) in [7, 11) is 0. The van der Waals surface area contributed by atoms with E-state index in [1.807, 2.05) is 29.2 Å². The topological polar surface area (TPSA) is 61.6 Å². The van der Waals surface area contributed by atoms with E-state index in [1.165, 1.54) is 12.8 Å². The van der Waals surface area contributed by atoms with Gasteiger partial charge in [-0.2, -0.15) is 4.98 Å². The molecule has 1 atom stereocenters. The van der Waals surface area contributed by atoms with Gasteiger partial charge in [-0.1, -0.05) is 19.1 Å². The van der Waals surface area contributed by atoms with Crippen LogP contribution < -0.4 is 10.2 Å². The maximum absolute atomic E-state index is 12.7. The number of nitrogens with one attached hydrogen (secondary N) is 1. The van der Waals surface area contributed by atoms with Gasteiger partial charge in [0.05, 0.1) is 0 Å². The van der Waals surface area contributed by atoms with Crippen molar-refractivity contribution >= 4 is 23.0 Å². The number of fused-ring (bicyclic) bond motifs is 1. The SMILES string of the molecule is CC(CC(=O)N1CCN(c2nc3ccccc3o2)CC1)C1CCNCC1. The molecule has 6 nitrogen and oxygen atoms in total. The first kappa shape index (κ1) is 17.3. The van der Waals surface area contributed by atoms with Crippen LogP contribution in [0, 0.1) is 11.8 Å². The number of hydrogen-bond acceptors (Lipinski definition) is 5. The van der Waals surface area contributed by atoms with E-state index in [4.69, 9.17) is 4.42 Å². The molecule has 2 fully saturated rings. The molecule has 0 spiro atoms. The van der Waals surface area contributed by atoms with E-state index < -0.39 is 0 Å². The van der Waals surface area contributed by atoms with E-state index in [0.717, 1.165) is 50.4 Å². The van der Waals surface area contributed by atoms with Crippen LogP contribution in [0.3, 0.4) is 0 Å². The predicted molar refractivity (Wildman–Crippen MR) is 102 cm³/mol. The fraction of sp³-hybridized carbons (Fsp3) is 0.600. The Balaban J connectivity index is 1.30. The highest BCUT2D eigenvalue weighted by molar-refractivity contribution is 5.77. The number of aromatic nitrogens is 1. The molecule has 140 valence electrons. The lowest BCUT2D eigenvalue weighted by atomic mass is 9.84. The highest BCUT2D eigenvalue weighted by Gasteiger charge is 2.27. The average Bonchev–Trinajstić information content (AvgIpc) is 3.13. The molecule has 1 amide bonds. The van der Waals surface area contributed by atoms with Crippen molar-refractivity contribution in [3.05, 3.63) is 24.3 Å². The van der Waals surface area contributed by atoms with Crippen molar-refractivity contribution in [2.75, 3.05) is 44.2 Å². The van der Waals surface area contributed by atoms with Crippen LogP contribution in [0.25, 0.3) is 11.1 Å². The Labute approximate surface area is 154 Å². The number of para-hydroxylation sites is 2. The molecule has 1 aromatic heterocycles. The van der Waals surface area contributed by atoms with Crippen molar-refractivity contribution in [2.45, 2.75) is 26.2 Å². The van der Waals surface area contributed by atoms with Crippen molar-refractivity contribution in [1.82, 2.24) is 15.2 Å². The second kappa shape index (κ2) is 7.66. The van der Waals surface area contributed by atoms with E-state index in [0.29, 0.717) is 30.2 Å². The number of carbonyl (C=O) groups is 1. The van der Waals surface area contributed by atoms with Crippen molar-refractivity contribution in [3.8, 4) is 0 Å². The predicted octanol–water partition coefficient (Wildman–Crippen LogP) is 2.50. The summed E-state index contributed by atoms with van der Waals surface area (Å²) in [6.07, 6.45) is 3.06. The molecular formula is C20H28N4O2. The largest absolute Gasteiger partial charge is 0.423 e. The highest BCUT2D eigenvalue weighted by atomic mass is 16.4. The summed E-state index contributed by atoms with van der Waals surface area (Å²) < 4.78 is 5.85. The first-order valence-electron chi connectivity index (χ1n) is 9.80. The third kappa shape index (κ3) is 3.70. The number of anilines is 1. The molecule has 0 bridgehead atoms. The zero-order chi connectivity index (χ0) is 17.9. The van der Waals surface area contributed by atoms with E-state index in [1.54, 1.807) is 0 Å². The van der Waals surface area contributed by atoms with Crippen molar-refractivity contribution < 1.29 is 9.21 Å². The van der Waals surface area contributed by atoms with Crippen molar-refractivity contribution in [1.29, 1.82) is 0 Å². The number of rotatable bonds is 4. The molecule has 2 aliphatic rings. The third-order valence-corrected chi connectivity index (χ3v) is 5.87. The van der Waals surface area contributed by atoms with Gasteiger partial charge in [0.2, 0.25) is 5.91 Å². The highest BCUT2D eigenvalue weighted by Crippen LogP contribution is 2.26. The fourth-order valence-corrected chi connectivity index (χ4v) is 4.13. The number of amides is 1. The Morgan fingerprint density at radius 1 is 1.23 bits per heavy atom. The minimum Gasteiger partial charge on any atom is -0.423 e. The second-order valence-corrected chi connectivity index (χ2v) is 7.60. The molecule has 2 aliphatic heterocycles. The molecule has 1 unspecified atom stereocenters. The molecular weight excluding hydrogens is 328 g/mol. The van der Waals surface area contributed by atoms with Crippen LogP contribution in [0.2, 0.25) is 0 Å². The molecule has 1 aromatic carbocycles. The van der Waals surface area contributed by atoms with E-state index in [9.17, 15) is 4.79 Å². The summed E-state index contributed by atoms with van der Waals surface area (Å²) in [6.45, 7) is 7.47. The van der Waals surface area contributed by atoms with Gasteiger partial charge >= 0.3 is 0 Å². The number of piperidine rings is 1. The van der Waals surface area contributed by atoms with Crippen LogP contribution in [0.5, 0.6) is 0 Å². The lowest BCUT2D eigenvalue weighted by Crippen LogP contribution is -2.49. The minimum absolute atomic E-state index is 0.299. The van der Waals surface area contributed by atoms with Gasteiger partial charge in [-0.05, 0) is 49.9 Å². The molecule has 2 aromatic rings. The number of piperazine rings is 1. The first-order valence-corrected chi connectivity index (χ1v) is 9.80. The van der Waals surface area contributed by atoms with Gasteiger partial charge in [-0.3, -0.25) is 4.79 Å². The Hall–Kier alpha value is -2.08. The maximum Gasteiger partial charge on any atom is 0.298 e. The number of carbonyl (C=O) groups excluding carboxylic acids is 1. The third-order valence-electron chi connectivity index (χ3n) is 5.87. The monoisotopic (exact) mass is 356 g/mol. The molecule has 1 N–H and O–H groups in total. The standard InChI is InChI=1S/C20H28N4O2/c1-15(16-6-8-21-9-7-16)14-19(25)23-10-12-24(13-11-23)20-22-17-4-2-3-5-18(17)26-20/h2-5,15-16,21H,6-14H2,1H3. The van der Waals surface area contributed by atoms with Gasteiger partial charge in [0.25, 0.3) is 6.01 Å². The quantitative estimate of drug-likeness (QED) is 0.912. The Morgan fingerprint density at radius 2 is 1.96 bits per heavy atom. The maximum atomic E-state index is 12.7. The summed E-state index contributed by atoms with van der Waals surface area (Å²) in [5.41, 5.74) is 1.70. The Bertz CT molecular complexity index is 712. The molecule has 0 saturated carbocycles. The Morgan fingerprint density at radius 3 is 2.69 bits per heavy atom. The van der Waals surface area contributed by atoms with Crippen molar-refractivity contribution in [3.63, 3.8) is 0 Å². The first-order chi connectivity index (χ1) is 12.7. The minimum atomic E-state index is 0.299. The van der Waals surface area contributed by atoms with Crippen LogP contribution in [0.15, 0.2) is 28.7 Å². The second-order valence-electron chi connectivity index (χ2n) is 7.60. The van der Waals surface area contributed by atoms with Crippen LogP contribution >= 0.6 is 0 Å². The number of benzene rings is 1. The lowest BCUT2D eigenvalue weighted by molar-refractivity contribution is -0.132. The smallest absolute Gasteiger partial charge is 0.298 e. The molecule has 3 heterocycles. The fourth-order valence-electron chi connectivity index (χ4n) is 4.13. The molecule has 6 heteroatoms. The summed E-state index contributed by atoms with van der Waals surface area (Å²) >= 11 is 0. The van der Waals surface area contributed by atoms with Gasteiger partial charge in [-0.25, -0.2) is 0 Å². The molecule has 2 saturated heterocycles. The molecule has 26 heavy (non-hydrogen) atoms. The van der Waals surface area contributed by atoms with Gasteiger partial charge in [-0.15, -0.1) is 0 Å². The zero-order valence-corrected chi connectivity index (χ0v) is 15.5.